The molecule has 3 aromatic rings. The number of nitrogens with one attached hydrogen (secondary N) is 2. The molecule has 2 heterocycles. The quantitative estimate of drug-likeness (QED) is 0.638. The second kappa shape index (κ2) is 7.53. The number of aromatic nitrogens is 1. The van der Waals surface area contributed by atoms with E-state index in [2.05, 4.69) is 10.3 Å². The Hall–Kier alpha value is -3.03. The number of aromatic amines is 1. The molecule has 7 heteroatoms. The van der Waals surface area contributed by atoms with Crippen molar-refractivity contribution in [3.8, 4) is 17.2 Å². The van der Waals surface area contributed by atoms with Crippen LogP contribution >= 0.6 is 0 Å². The van der Waals surface area contributed by atoms with Gasteiger partial charge in [-0.25, -0.2) is 0 Å². The lowest BCUT2D eigenvalue weighted by molar-refractivity contribution is 0.0910. The second-order valence-corrected chi connectivity index (χ2v) is 6.50. The third-order valence-electron chi connectivity index (χ3n) is 4.96. The first-order chi connectivity index (χ1) is 13.7. The van der Waals surface area contributed by atoms with Crippen molar-refractivity contribution in [2.75, 3.05) is 27.9 Å². The number of carbonyl (C=O) groups is 1. The van der Waals surface area contributed by atoms with Gasteiger partial charge in [0.25, 0.3) is 0 Å². The van der Waals surface area contributed by atoms with Gasteiger partial charge in [0.2, 0.25) is 5.75 Å². The van der Waals surface area contributed by atoms with Crippen molar-refractivity contribution in [2.45, 2.75) is 12.3 Å². The maximum Gasteiger partial charge on any atom is 0.203 e. The Morgan fingerprint density at radius 1 is 1.07 bits per heavy atom. The number of fused-ring (bicyclic) bond motifs is 1. The summed E-state index contributed by atoms with van der Waals surface area (Å²) in [6, 6.07) is 10.8. The van der Waals surface area contributed by atoms with Crippen molar-refractivity contribution in [1.29, 1.82) is 0 Å². The van der Waals surface area contributed by atoms with Gasteiger partial charge in [-0.05, 0) is 24.3 Å². The lowest BCUT2D eigenvalue weighted by Crippen LogP contribution is -2.34. The molecule has 0 spiro atoms. The molecule has 2 N–H and O–H groups in total. The molecule has 0 bridgehead atoms. The smallest absolute Gasteiger partial charge is 0.203 e. The van der Waals surface area contributed by atoms with E-state index >= 15 is 0 Å². The van der Waals surface area contributed by atoms with Crippen LogP contribution in [0.15, 0.2) is 42.6 Å². The van der Waals surface area contributed by atoms with Crippen molar-refractivity contribution < 1.29 is 23.7 Å². The van der Waals surface area contributed by atoms with Gasteiger partial charge in [0.1, 0.15) is 6.23 Å². The van der Waals surface area contributed by atoms with E-state index in [1.807, 2.05) is 30.5 Å². The molecule has 4 rings (SSSR count). The standard InChI is InChI=1S/C21H22N2O5/c1-25-17-9-12(10-18(26-2)20(17)27-3)19(24)16-11-28-21(23-16)14-5-4-6-15-13(14)7-8-22-15/h4-10,16,21-23H,11H2,1-3H3. The number of ether oxygens (including phenoxy) is 4. The van der Waals surface area contributed by atoms with Gasteiger partial charge in [0, 0.05) is 28.2 Å². The van der Waals surface area contributed by atoms with E-state index in [0.717, 1.165) is 16.5 Å². The van der Waals surface area contributed by atoms with Crippen LogP contribution in [0.3, 0.4) is 0 Å². The van der Waals surface area contributed by atoms with Gasteiger partial charge < -0.3 is 23.9 Å². The Morgan fingerprint density at radius 2 is 1.82 bits per heavy atom. The van der Waals surface area contributed by atoms with Crippen LogP contribution in [0.25, 0.3) is 10.9 Å². The number of benzene rings is 2. The van der Waals surface area contributed by atoms with E-state index in [1.165, 1.54) is 21.3 Å². The minimum absolute atomic E-state index is 0.0944. The average Bonchev–Trinajstić information content (AvgIpc) is 3.41. The zero-order chi connectivity index (χ0) is 19.7. The summed E-state index contributed by atoms with van der Waals surface area (Å²) in [6.45, 7) is 0.279. The zero-order valence-electron chi connectivity index (χ0n) is 15.9. The van der Waals surface area contributed by atoms with Crippen molar-refractivity contribution >= 4 is 16.7 Å². The lowest BCUT2D eigenvalue weighted by Gasteiger charge is -2.16. The molecule has 1 fully saturated rings. The molecule has 1 aliphatic rings. The first-order valence-electron chi connectivity index (χ1n) is 8.94. The molecular weight excluding hydrogens is 360 g/mol. The van der Waals surface area contributed by atoms with Gasteiger partial charge in [-0.1, -0.05) is 12.1 Å². The summed E-state index contributed by atoms with van der Waals surface area (Å²) >= 11 is 0. The van der Waals surface area contributed by atoms with Crippen LogP contribution in [0.4, 0.5) is 0 Å². The molecule has 0 radical (unpaired) electrons. The van der Waals surface area contributed by atoms with E-state index in [1.54, 1.807) is 12.1 Å². The molecule has 2 unspecified atom stereocenters. The lowest BCUT2D eigenvalue weighted by atomic mass is 10.0. The van der Waals surface area contributed by atoms with E-state index < -0.39 is 6.04 Å². The largest absolute Gasteiger partial charge is 0.493 e. The summed E-state index contributed by atoms with van der Waals surface area (Å²) in [5, 5.41) is 4.36. The van der Waals surface area contributed by atoms with Crippen LogP contribution in [-0.2, 0) is 4.74 Å². The van der Waals surface area contributed by atoms with Crippen molar-refractivity contribution in [2.24, 2.45) is 0 Å². The van der Waals surface area contributed by atoms with Crippen molar-refractivity contribution in [3.05, 3.63) is 53.7 Å². The molecule has 7 nitrogen and oxygen atoms in total. The highest BCUT2D eigenvalue weighted by molar-refractivity contribution is 6.01. The molecule has 28 heavy (non-hydrogen) atoms. The maximum absolute atomic E-state index is 13.1. The van der Waals surface area contributed by atoms with Crippen LogP contribution in [0.5, 0.6) is 17.2 Å². The number of ketones is 1. The van der Waals surface area contributed by atoms with E-state index in [9.17, 15) is 4.79 Å². The maximum atomic E-state index is 13.1. The summed E-state index contributed by atoms with van der Waals surface area (Å²) in [4.78, 5) is 16.3. The number of hydrogen-bond acceptors (Lipinski definition) is 6. The van der Waals surface area contributed by atoms with E-state index in [-0.39, 0.29) is 18.6 Å². The molecule has 0 aliphatic carbocycles. The summed E-state index contributed by atoms with van der Waals surface area (Å²) < 4.78 is 21.9. The Labute approximate surface area is 162 Å². The van der Waals surface area contributed by atoms with Gasteiger partial charge in [-0.3, -0.25) is 10.1 Å². The number of Topliss-reactive ketones (excluding diaryl/α,β-unsaturated/α-hetero) is 1. The fraction of sp³-hybridized carbons (Fsp3) is 0.286. The third-order valence-corrected chi connectivity index (χ3v) is 4.96. The summed E-state index contributed by atoms with van der Waals surface area (Å²) in [5.41, 5.74) is 2.50. The molecule has 2 atom stereocenters. The Kier molecular flexibility index (Phi) is 4.93. The minimum Gasteiger partial charge on any atom is -0.493 e. The monoisotopic (exact) mass is 382 g/mol. The molecular formula is C21H22N2O5. The number of carbonyl (C=O) groups excluding carboxylic acids is 1. The SMILES string of the molecule is COc1cc(C(=O)C2COC(c3cccc4[nH]ccc34)N2)cc(OC)c1OC. The van der Waals surface area contributed by atoms with E-state index in [4.69, 9.17) is 18.9 Å². The number of hydrogen-bond donors (Lipinski definition) is 2. The topological polar surface area (TPSA) is 81.8 Å². The number of rotatable bonds is 6. The fourth-order valence-electron chi connectivity index (χ4n) is 3.57. The number of H-pyrrole nitrogens is 1. The molecule has 0 saturated carbocycles. The summed E-state index contributed by atoms with van der Waals surface area (Å²) in [5.74, 6) is 1.24. The highest BCUT2D eigenvalue weighted by Gasteiger charge is 2.33. The predicted octanol–water partition coefficient (Wildman–Crippen LogP) is 3.06. The van der Waals surface area contributed by atoms with Crippen LogP contribution in [-0.4, -0.2) is 44.7 Å². The Bertz CT molecular complexity index is 988. The molecule has 1 aromatic heterocycles. The minimum atomic E-state index is -0.470. The Morgan fingerprint density at radius 3 is 2.50 bits per heavy atom. The highest BCUT2D eigenvalue weighted by atomic mass is 16.5. The Balaban J connectivity index is 1.59. The summed E-state index contributed by atoms with van der Waals surface area (Å²) in [7, 11) is 4.58. The van der Waals surface area contributed by atoms with Crippen LogP contribution in [0.2, 0.25) is 0 Å². The van der Waals surface area contributed by atoms with Gasteiger partial charge in [0.05, 0.1) is 34.0 Å². The van der Waals surface area contributed by atoms with Crippen LogP contribution in [0, 0.1) is 0 Å². The molecule has 0 amide bonds. The van der Waals surface area contributed by atoms with Gasteiger partial charge in [-0.2, -0.15) is 0 Å². The first-order valence-corrected chi connectivity index (χ1v) is 8.94. The molecule has 1 saturated heterocycles. The van der Waals surface area contributed by atoms with Crippen molar-refractivity contribution in [1.82, 2.24) is 10.3 Å². The molecule has 146 valence electrons. The molecule has 2 aromatic carbocycles. The average molecular weight is 382 g/mol. The normalized spacial score (nSPS) is 19.0. The zero-order valence-corrected chi connectivity index (χ0v) is 15.9. The van der Waals surface area contributed by atoms with E-state index in [0.29, 0.717) is 22.8 Å². The van der Waals surface area contributed by atoms with Crippen LogP contribution in [0.1, 0.15) is 22.1 Å². The predicted molar refractivity (Wildman–Crippen MR) is 104 cm³/mol. The molecule has 1 aliphatic heterocycles. The third kappa shape index (κ3) is 3.08. The van der Waals surface area contributed by atoms with Gasteiger partial charge >= 0.3 is 0 Å². The first kappa shape index (κ1) is 18.3. The summed E-state index contributed by atoms with van der Waals surface area (Å²) in [6.07, 6.45) is 1.54. The second-order valence-electron chi connectivity index (χ2n) is 6.50. The van der Waals surface area contributed by atoms with Gasteiger partial charge in [0.15, 0.2) is 17.3 Å². The van der Waals surface area contributed by atoms with Crippen LogP contribution < -0.4 is 19.5 Å². The fourth-order valence-corrected chi connectivity index (χ4v) is 3.57. The highest BCUT2D eigenvalue weighted by Crippen LogP contribution is 2.39. The van der Waals surface area contributed by atoms with Gasteiger partial charge in [-0.15, -0.1) is 0 Å². The van der Waals surface area contributed by atoms with Crippen molar-refractivity contribution in [3.63, 3.8) is 0 Å². The number of methoxy groups -OCH3 is 3.